The molecular formula is C22H20ClNO5S. The zero-order valence-corrected chi connectivity index (χ0v) is 18.0. The second-order valence-electron chi connectivity index (χ2n) is 6.43. The van der Waals surface area contributed by atoms with Crippen LogP contribution >= 0.6 is 11.6 Å². The number of nitrogens with one attached hydrogen (secondary N) is 1. The van der Waals surface area contributed by atoms with Gasteiger partial charge in [-0.05, 0) is 67.1 Å². The maximum atomic E-state index is 12.3. The molecule has 0 unspecified atom stereocenters. The Hall–Kier alpha value is -3.03. The van der Waals surface area contributed by atoms with Crippen LogP contribution in [0.25, 0.3) is 11.1 Å². The highest BCUT2D eigenvalue weighted by molar-refractivity contribution is 7.89. The third-order valence-electron chi connectivity index (χ3n) is 4.02. The molecule has 30 heavy (non-hydrogen) atoms. The van der Waals surface area contributed by atoms with E-state index in [1.54, 1.807) is 36.4 Å². The van der Waals surface area contributed by atoms with Gasteiger partial charge in [-0.2, -0.15) is 0 Å². The van der Waals surface area contributed by atoms with Gasteiger partial charge in [0.15, 0.2) is 0 Å². The molecule has 0 saturated carbocycles. The van der Waals surface area contributed by atoms with Crippen LogP contribution in [0, 0.1) is 0 Å². The Bertz CT molecular complexity index is 1160. The van der Waals surface area contributed by atoms with E-state index >= 15 is 0 Å². The summed E-state index contributed by atoms with van der Waals surface area (Å²) in [5.74, 6) is 0.994. The Morgan fingerprint density at radius 1 is 1.00 bits per heavy atom. The molecule has 1 N–H and O–H groups in total. The molecular weight excluding hydrogens is 426 g/mol. The largest absolute Gasteiger partial charge is 0.494 e. The number of halogens is 1. The highest BCUT2D eigenvalue weighted by Gasteiger charge is 2.16. The van der Waals surface area contributed by atoms with E-state index in [1.165, 1.54) is 6.07 Å². The number of hydrogen-bond donors (Lipinski definition) is 1. The summed E-state index contributed by atoms with van der Waals surface area (Å²) < 4.78 is 36.4. The maximum Gasteiger partial charge on any atom is 0.264 e. The lowest BCUT2D eigenvalue weighted by atomic mass is 10.0. The molecule has 0 saturated heterocycles. The molecule has 6 nitrogen and oxygen atoms in total. The van der Waals surface area contributed by atoms with E-state index < -0.39 is 15.9 Å². The molecule has 0 aliphatic heterocycles. The van der Waals surface area contributed by atoms with Crippen molar-refractivity contribution in [3.8, 4) is 28.4 Å². The van der Waals surface area contributed by atoms with Crippen LogP contribution in [0.2, 0.25) is 5.02 Å². The number of rotatable bonds is 7. The van der Waals surface area contributed by atoms with Gasteiger partial charge >= 0.3 is 0 Å². The number of benzene rings is 3. The smallest absolute Gasteiger partial charge is 0.264 e. The van der Waals surface area contributed by atoms with Crippen molar-refractivity contribution in [1.82, 2.24) is 4.72 Å². The Kier molecular flexibility index (Phi) is 6.64. The van der Waals surface area contributed by atoms with Crippen molar-refractivity contribution in [2.45, 2.75) is 6.92 Å². The molecule has 0 fully saturated rings. The summed E-state index contributed by atoms with van der Waals surface area (Å²) in [6.07, 6.45) is 0.926. The number of carbonyl (C=O) groups is 1. The first kappa shape index (κ1) is 21.7. The van der Waals surface area contributed by atoms with Crippen molar-refractivity contribution in [2.24, 2.45) is 0 Å². The van der Waals surface area contributed by atoms with Gasteiger partial charge in [-0.3, -0.25) is 4.79 Å². The standard InChI is InChI=1S/C22H20ClNO5S/c1-3-28-19-6-4-5-15(13-19)20-14-16(22(25)24-30(2,26)27)7-12-21(20)29-18-10-8-17(23)9-11-18/h4-14H,3H2,1-2H3,(H,24,25). The monoisotopic (exact) mass is 445 g/mol. The van der Waals surface area contributed by atoms with Crippen LogP contribution in [0.4, 0.5) is 0 Å². The minimum atomic E-state index is -3.69. The highest BCUT2D eigenvalue weighted by atomic mass is 35.5. The van der Waals surface area contributed by atoms with Gasteiger partial charge in [0.2, 0.25) is 10.0 Å². The van der Waals surface area contributed by atoms with Gasteiger partial charge < -0.3 is 9.47 Å². The summed E-state index contributed by atoms with van der Waals surface area (Å²) in [7, 11) is -3.69. The average Bonchev–Trinajstić information content (AvgIpc) is 2.69. The normalized spacial score (nSPS) is 11.0. The molecule has 156 valence electrons. The van der Waals surface area contributed by atoms with E-state index in [4.69, 9.17) is 21.1 Å². The summed E-state index contributed by atoms with van der Waals surface area (Å²) in [5, 5.41) is 0.583. The van der Waals surface area contributed by atoms with Crippen molar-refractivity contribution >= 4 is 27.5 Å². The molecule has 3 aromatic carbocycles. The Balaban J connectivity index is 2.06. The number of ether oxygens (including phenoxy) is 2. The van der Waals surface area contributed by atoms with Gasteiger partial charge in [0.25, 0.3) is 5.91 Å². The van der Waals surface area contributed by atoms with Crippen molar-refractivity contribution in [3.05, 3.63) is 77.3 Å². The fourth-order valence-corrected chi connectivity index (χ4v) is 3.34. The molecule has 0 atom stereocenters. The molecule has 3 aromatic rings. The van der Waals surface area contributed by atoms with Gasteiger partial charge in [-0.1, -0.05) is 23.7 Å². The Labute approximate surface area is 180 Å². The molecule has 1 amide bonds. The van der Waals surface area contributed by atoms with E-state index in [1.807, 2.05) is 35.9 Å². The van der Waals surface area contributed by atoms with Crippen LogP contribution in [0.15, 0.2) is 66.7 Å². The average molecular weight is 446 g/mol. The molecule has 8 heteroatoms. The summed E-state index contributed by atoms with van der Waals surface area (Å²) in [6.45, 7) is 2.40. The maximum absolute atomic E-state index is 12.3. The zero-order valence-electron chi connectivity index (χ0n) is 16.4. The van der Waals surface area contributed by atoms with Gasteiger partial charge in [0.05, 0.1) is 12.9 Å². The van der Waals surface area contributed by atoms with Crippen molar-refractivity contribution in [1.29, 1.82) is 0 Å². The van der Waals surface area contributed by atoms with Crippen LogP contribution in [-0.4, -0.2) is 27.2 Å². The third kappa shape index (κ3) is 5.75. The first-order chi connectivity index (χ1) is 14.2. The fourth-order valence-electron chi connectivity index (χ4n) is 2.76. The minimum absolute atomic E-state index is 0.181. The second kappa shape index (κ2) is 9.19. The van der Waals surface area contributed by atoms with E-state index in [0.29, 0.717) is 34.4 Å². The highest BCUT2D eigenvalue weighted by Crippen LogP contribution is 2.36. The van der Waals surface area contributed by atoms with Crippen molar-refractivity contribution in [3.63, 3.8) is 0 Å². The Morgan fingerprint density at radius 2 is 1.73 bits per heavy atom. The van der Waals surface area contributed by atoms with E-state index in [2.05, 4.69) is 0 Å². The second-order valence-corrected chi connectivity index (χ2v) is 8.62. The lowest BCUT2D eigenvalue weighted by Gasteiger charge is -2.14. The summed E-state index contributed by atoms with van der Waals surface area (Å²) in [4.78, 5) is 12.3. The predicted molar refractivity (Wildman–Crippen MR) is 117 cm³/mol. The first-order valence-electron chi connectivity index (χ1n) is 9.08. The fraction of sp³-hybridized carbons (Fsp3) is 0.136. The third-order valence-corrected chi connectivity index (χ3v) is 4.83. The van der Waals surface area contributed by atoms with Crippen molar-refractivity contribution < 1.29 is 22.7 Å². The summed E-state index contributed by atoms with van der Waals surface area (Å²) >= 11 is 5.93. The first-order valence-corrected chi connectivity index (χ1v) is 11.3. The molecule has 3 rings (SSSR count). The quantitative estimate of drug-likeness (QED) is 0.560. The zero-order chi connectivity index (χ0) is 21.7. The number of hydrogen-bond acceptors (Lipinski definition) is 5. The molecule has 0 radical (unpaired) electrons. The van der Waals surface area contributed by atoms with Crippen LogP contribution in [0.5, 0.6) is 17.2 Å². The van der Waals surface area contributed by atoms with Gasteiger partial charge in [0.1, 0.15) is 17.2 Å². The molecule has 0 heterocycles. The van der Waals surface area contributed by atoms with E-state index in [-0.39, 0.29) is 5.56 Å². The SMILES string of the molecule is CCOc1cccc(-c2cc(C(=O)NS(C)(=O)=O)ccc2Oc2ccc(Cl)cc2)c1. The van der Waals surface area contributed by atoms with Crippen LogP contribution in [0.3, 0.4) is 0 Å². The summed E-state index contributed by atoms with van der Waals surface area (Å²) in [6, 6.07) is 18.9. The molecule has 0 spiro atoms. The molecule has 0 aromatic heterocycles. The number of amides is 1. The van der Waals surface area contributed by atoms with Gasteiger partial charge in [-0.25, -0.2) is 13.1 Å². The Morgan fingerprint density at radius 3 is 2.40 bits per heavy atom. The molecule has 0 aliphatic carbocycles. The lowest BCUT2D eigenvalue weighted by molar-refractivity contribution is 0.0981. The number of carbonyl (C=O) groups excluding carboxylic acids is 1. The minimum Gasteiger partial charge on any atom is -0.494 e. The van der Waals surface area contributed by atoms with Crippen LogP contribution in [0.1, 0.15) is 17.3 Å². The van der Waals surface area contributed by atoms with Gasteiger partial charge in [-0.15, -0.1) is 0 Å². The molecule has 0 aliphatic rings. The van der Waals surface area contributed by atoms with E-state index in [9.17, 15) is 13.2 Å². The van der Waals surface area contributed by atoms with Crippen molar-refractivity contribution in [2.75, 3.05) is 12.9 Å². The van der Waals surface area contributed by atoms with Crippen LogP contribution < -0.4 is 14.2 Å². The number of sulfonamides is 1. The topological polar surface area (TPSA) is 81.7 Å². The lowest BCUT2D eigenvalue weighted by Crippen LogP contribution is -2.29. The van der Waals surface area contributed by atoms with Gasteiger partial charge in [0, 0.05) is 16.1 Å². The summed E-state index contributed by atoms with van der Waals surface area (Å²) in [5.41, 5.74) is 1.53. The predicted octanol–water partition coefficient (Wildman–Crippen LogP) is 4.89. The van der Waals surface area contributed by atoms with E-state index in [0.717, 1.165) is 11.8 Å². The van der Waals surface area contributed by atoms with Crippen LogP contribution in [-0.2, 0) is 10.0 Å². The molecule has 0 bridgehead atoms.